The highest BCUT2D eigenvalue weighted by Gasteiger charge is 2.08. The second-order valence-corrected chi connectivity index (χ2v) is 7.46. The quantitative estimate of drug-likeness (QED) is 0.231. The highest BCUT2D eigenvalue weighted by Crippen LogP contribution is 2.24. The van der Waals surface area contributed by atoms with E-state index in [1.165, 1.54) is 18.3 Å². The summed E-state index contributed by atoms with van der Waals surface area (Å²) in [6.45, 7) is 0. The van der Waals surface area contributed by atoms with E-state index in [2.05, 4.69) is 10.5 Å². The summed E-state index contributed by atoms with van der Waals surface area (Å²) in [5.74, 6) is 1.42. The van der Waals surface area contributed by atoms with E-state index in [4.69, 9.17) is 16.0 Å². The van der Waals surface area contributed by atoms with E-state index in [0.717, 1.165) is 4.90 Å². The Kier molecular flexibility index (Phi) is 7.04. The van der Waals surface area contributed by atoms with Crippen LogP contribution in [0, 0.1) is 10.1 Å². The average molecular weight is 430 g/mol. The van der Waals surface area contributed by atoms with Crippen LogP contribution in [-0.4, -0.2) is 22.8 Å². The fourth-order valence-electron chi connectivity index (χ4n) is 2.34. The minimum absolute atomic E-state index is 0.0130. The van der Waals surface area contributed by atoms with Crippen molar-refractivity contribution in [1.82, 2.24) is 5.43 Å². The number of hydrogen-bond acceptors (Lipinski definition) is 6. The van der Waals surface area contributed by atoms with Crippen LogP contribution in [0.3, 0.4) is 0 Å². The van der Waals surface area contributed by atoms with Gasteiger partial charge in [0.25, 0.3) is 5.69 Å². The van der Waals surface area contributed by atoms with Gasteiger partial charge in [0.1, 0.15) is 11.5 Å². The smallest absolute Gasteiger partial charge is 0.269 e. The van der Waals surface area contributed by atoms with Gasteiger partial charge >= 0.3 is 0 Å². The number of nitrogens with one attached hydrogen (secondary N) is 1. The van der Waals surface area contributed by atoms with Gasteiger partial charge in [0.05, 0.1) is 11.1 Å². The first kappa shape index (κ1) is 20.6. The minimum Gasteiger partial charge on any atom is -0.455 e. The number of nitro groups is 1. The first-order valence-electron chi connectivity index (χ1n) is 8.56. The number of hydrazone groups is 1. The Morgan fingerprint density at radius 1 is 1.14 bits per heavy atom. The predicted molar refractivity (Wildman–Crippen MR) is 113 cm³/mol. The summed E-state index contributed by atoms with van der Waals surface area (Å²) >= 11 is 7.40. The van der Waals surface area contributed by atoms with E-state index < -0.39 is 4.92 Å². The van der Waals surface area contributed by atoms with Crippen LogP contribution in [0.1, 0.15) is 12.2 Å². The molecule has 2 aromatic carbocycles. The molecule has 0 bridgehead atoms. The van der Waals surface area contributed by atoms with Gasteiger partial charge in [-0.25, -0.2) is 5.43 Å². The average Bonchev–Trinajstić information content (AvgIpc) is 3.18. The molecule has 0 spiro atoms. The third kappa shape index (κ3) is 6.20. The molecule has 1 heterocycles. The number of thioether (sulfide) groups is 1. The van der Waals surface area contributed by atoms with Gasteiger partial charge in [0.15, 0.2) is 0 Å². The number of benzene rings is 2. The third-order valence-electron chi connectivity index (χ3n) is 3.78. The monoisotopic (exact) mass is 429 g/mol. The van der Waals surface area contributed by atoms with E-state index in [9.17, 15) is 14.9 Å². The van der Waals surface area contributed by atoms with Crippen LogP contribution in [0.5, 0.6) is 0 Å². The first-order chi connectivity index (χ1) is 14.0. The number of halogens is 1. The van der Waals surface area contributed by atoms with E-state index >= 15 is 0 Å². The van der Waals surface area contributed by atoms with Gasteiger partial charge in [-0.1, -0.05) is 11.6 Å². The van der Waals surface area contributed by atoms with Crippen molar-refractivity contribution in [3.8, 4) is 11.3 Å². The van der Waals surface area contributed by atoms with Crippen molar-refractivity contribution in [2.75, 3.05) is 5.75 Å². The lowest BCUT2D eigenvalue weighted by molar-refractivity contribution is -0.384. The lowest BCUT2D eigenvalue weighted by Gasteiger charge is -2.01. The number of furan rings is 1. The lowest BCUT2D eigenvalue weighted by atomic mass is 10.1. The number of nitro benzene ring substituents is 1. The molecule has 0 unspecified atom stereocenters. The van der Waals surface area contributed by atoms with Crippen molar-refractivity contribution in [1.29, 1.82) is 0 Å². The van der Waals surface area contributed by atoms with E-state index in [-0.39, 0.29) is 11.6 Å². The Morgan fingerprint density at radius 3 is 2.55 bits per heavy atom. The standard InChI is InChI=1S/C20H16ClN3O4S/c21-15-3-8-18(9-4-15)29-12-11-20(25)23-22-13-17-7-10-19(28-17)14-1-5-16(6-2-14)24(26)27/h1-10,13H,11-12H2,(H,23,25)/b22-13+. The molecule has 0 saturated carbocycles. The SMILES string of the molecule is O=C(CCSc1ccc(Cl)cc1)N/N=C/c1ccc(-c2ccc([N+](=O)[O-])cc2)o1. The van der Waals surface area contributed by atoms with Crippen LogP contribution in [0.4, 0.5) is 5.69 Å². The Labute approximate surface area is 175 Å². The first-order valence-corrected chi connectivity index (χ1v) is 9.92. The molecule has 29 heavy (non-hydrogen) atoms. The molecule has 3 aromatic rings. The molecule has 0 radical (unpaired) electrons. The minimum atomic E-state index is -0.458. The Bertz CT molecular complexity index is 1020. The van der Waals surface area contributed by atoms with Crippen molar-refractivity contribution in [2.45, 2.75) is 11.3 Å². The largest absolute Gasteiger partial charge is 0.455 e. The summed E-state index contributed by atoms with van der Waals surface area (Å²) in [5, 5.41) is 15.3. The number of amides is 1. The number of rotatable bonds is 8. The second-order valence-electron chi connectivity index (χ2n) is 5.85. The molecule has 0 aliphatic heterocycles. The van der Waals surface area contributed by atoms with Crippen molar-refractivity contribution < 1.29 is 14.1 Å². The second kappa shape index (κ2) is 9.90. The molecule has 1 N–H and O–H groups in total. The predicted octanol–water partition coefficient (Wildman–Crippen LogP) is 5.14. The molecule has 0 fully saturated rings. The Hall–Kier alpha value is -3.10. The normalized spacial score (nSPS) is 10.9. The summed E-state index contributed by atoms with van der Waals surface area (Å²) in [7, 11) is 0. The summed E-state index contributed by atoms with van der Waals surface area (Å²) in [4.78, 5) is 23.1. The number of carbonyl (C=O) groups is 1. The maximum absolute atomic E-state index is 11.8. The van der Waals surface area contributed by atoms with Crippen LogP contribution < -0.4 is 5.43 Å². The number of non-ortho nitro benzene ring substituents is 1. The molecule has 0 aliphatic carbocycles. The maximum atomic E-state index is 11.8. The van der Waals surface area contributed by atoms with Crippen molar-refractivity contribution in [3.05, 3.63) is 81.6 Å². The summed E-state index contributed by atoms with van der Waals surface area (Å²) in [6, 6.07) is 16.9. The molecule has 148 valence electrons. The van der Waals surface area contributed by atoms with Gasteiger partial charge in [-0.05, 0) is 48.5 Å². The van der Waals surface area contributed by atoms with Crippen molar-refractivity contribution >= 4 is 41.2 Å². The van der Waals surface area contributed by atoms with Gasteiger partial charge in [0.2, 0.25) is 5.91 Å². The summed E-state index contributed by atoms with van der Waals surface area (Å²) in [6.07, 6.45) is 1.72. The van der Waals surface area contributed by atoms with Crippen molar-refractivity contribution in [2.24, 2.45) is 5.10 Å². The molecule has 3 rings (SSSR count). The molecule has 1 amide bonds. The van der Waals surface area contributed by atoms with Gasteiger partial charge in [-0.15, -0.1) is 11.8 Å². The highest BCUT2D eigenvalue weighted by atomic mass is 35.5. The lowest BCUT2D eigenvalue weighted by Crippen LogP contribution is -2.17. The summed E-state index contributed by atoms with van der Waals surface area (Å²) < 4.78 is 5.62. The molecule has 1 aromatic heterocycles. The summed E-state index contributed by atoms with van der Waals surface area (Å²) in [5.41, 5.74) is 3.18. The zero-order valence-corrected chi connectivity index (χ0v) is 16.7. The molecule has 0 saturated heterocycles. The molecule has 0 aliphatic rings. The van der Waals surface area contributed by atoms with Crippen LogP contribution in [0.2, 0.25) is 5.02 Å². The molecule has 0 atom stereocenters. The zero-order chi connectivity index (χ0) is 20.6. The fourth-order valence-corrected chi connectivity index (χ4v) is 3.32. The number of carbonyl (C=O) groups excluding carboxylic acids is 1. The maximum Gasteiger partial charge on any atom is 0.269 e. The van der Waals surface area contributed by atoms with Crippen LogP contribution in [-0.2, 0) is 4.79 Å². The van der Waals surface area contributed by atoms with Crippen molar-refractivity contribution in [3.63, 3.8) is 0 Å². The van der Waals surface area contributed by atoms with E-state index in [0.29, 0.717) is 34.3 Å². The zero-order valence-electron chi connectivity index (χ0n) is 15.1. The van der Waals surface area contributed by atoms with Crippen LogP contribution in [0.25, 0.3) is 11.3 Å². The number of hydrogen-bond donors (Lipinski definition) is 1. The van der Waals surface area contributed by atoms with Gasteiger partial charge in [-0.3, -0.25) is 14.9 Å². The van der Waals surface area contributed by atoms with Crippen LogP contribution in [0.15, 0.2) is 75.1 Å². The fraction of sp³-hybridized carbons (Fsp3) is 0.100. The Morgan fingerprint density at radius 2 is 1.86 bits per heavy atom. The topological polar surface area (TPSA) is 97.7 Å². The molecule has 9 heteroatoms. The number of nitrogens with zero attached hydrogens (tertiary/aromatic N) is 2. The molecular weight excluding hydrogens is 414 g/mol. The molecule has 7 nitrogen and oxygen atoms in total. The third-order valence-corrected chi connectivity index (χ3v) is 5.05. The van der Waals surface area contributed by atoms with Crippen LogP contribution >= 0.6 is 23.4 Å². The Balaban J connectivity index is 1.46. The molecular formula is C20H16ClN3O4S. The van der Waals surface area contributed by atoms with E-state index in [1.54, 1.807) is 36.0 Å². The van der Waals surface area contributed by atoms with Gasteiger partial charge in [0, 0.05) is 39.8 Å². The van der Waals surface area contributed by atoms with E-state index in [1.807, 2.05) is 24.3 Å². The van der Waals surface area contributed by atoms with Gasteiger partial charge < -0.3 is 4.42 Å². The highest BCUT2D eigenvalue weighted by molar-refractivity contribution is 7.99. The van der Waals surface area contributed by atoms with Gasteiger partial charge in [-0.2, -0.15) is 5.10 Å².